The minimum absolute atomic E-state index is 0.0988. The number of nitrogens with one attached hydrogen (secondary N) is 1. The maximum absolute atomic E-state index is 12.6. The number of carbonyl (C=O) groups is 3. The molecule has 1 amide bonds. The first-order valence-electron chi connectivity index (χ1n) is 7.22. The molecule has 2 aliphatic rings. The van der Waals surface area contributed by atoms with E-state index in [4.69, 9.17) is 0 Å². The van der Waals surface area contributed by atoms with Gasteiger partial charge < -0.3 is 15.2 Å². The average molecular weight is 323 g/mol. The van der Waals surface area contributed by atoms with Crippen LogP contribution in [-0.4, -0.2) is 30.1 Å². The van der Waals surface area contributed by atoms with Gasteiger partial charge in [0.2, 0.25) is 5.91 Å². The molecule has 2 saturated carbocycles. The summed E-state index contributed by atoms with van der Waals surface area (Å²) in [5, 5.41) is 14.3. The van der Waals surface area contributed by atoms with Gasteiger partial charge in [-0.25, -0.2) is 4.79 Å². The van der Waals surface area contributed by atoms with Crippen molar-refractivity contribution in [3.8, 4) is 0 Å². The largest absolute Gasteiger partial charge is 0.481 e. The normalized spacial score (nSPS) is 29.3. The molecule has 2 aliphatic carbocycles. The topological polar surface area (TPSA) is 92.7 Å². The summed E-state index contributed by atoms with van der Waals surface area (Å²) < 4.78 is 4.67. The van der Waals surface area contributed by atoms with Crippen molar-refractivity contribution in [1.82, 2.24) is 0 Å². The first kappa shape index (κ1) is 15.0. The Morgan fingerprint density at radius 2 is 1.95 bits per heavy atom. The van der Waals surface area contributed by atoms with E-state index in [0.717, 1.165) is 19.3 Å². The zero-order chi connectivity index (χ0) is 15.9. The van der Waals surface area contributed by atoms with Crippen molar-refractivity contribution in [2.24, 2.45) is 23.7 Å². The smallest absolute Gasteiger partial charge is 0.340 e. The first-order chi connectivity index (χ1) is 10.5. The highest BCUT2D eigenvalue weighted by Gasteiger charge is 2.54. The van der Waals surface area contributed by atoms with Crippen molar-refractivity contribution in [1.29, 1.82) is 0 Å². The molecule has 0 radical (unpaired) electrons. The van der Waals surface area contributed by atoms with Crippen molar-refractivity contribution in [2.75, 3.05) is 12.4 Å². The highest BCUT2D eigenvalue weighted by molar-refractivity contribution is 7.14. The maximum atomic E-state index is 12.6. The number of ether oxygens (including phenoxy) is 1. The minimum Gasteiger partial charge on any atom is -0.481 e. The number of esters is 1. The van der Waals surface area contributed by atoms with E-state index in [9.17, 15) is 19.5 Å². The Hall–Kier alpha value is -1.89. The fraction of sp³-hybridized carbons (Fsp3) is 0.533. The number of amides is 1. The van der Waals surface area contributed by atoms with E-state index >= 15 is 0 Å². The van der Waals surface area contributed by atoms with Gasteiger partial charge in [-0.15, -0.1) is 11.3 Å². The Morgan fingerprint density at radius 1 is 1.27 bits per heavy atom. The van der Waals surface area contributed by atoms with E-state index in [1.165, 1.54) is 18.4 Å². The second-order valence-corrected chi connectivity index (χ2v) is 6.78. The molecule has 0 aliphatic heterocycles. The first-order valence-corrected chi connectivity index (χ1v) is 8.10. The molecule has 118 valence electrons. The Bertz CT molecular complexity index is 625. The molecule has 2 N–H and O–H groups in total. The molecule has 0 aromatic carbocycles. The fourth-order valence-corrected chi connectivity index (χ4v) is 4.67. The predicted octanol–water partition coefficient (Wildman–Crippen LogP) is 2.22. The number of fused-ring (bicyclic) bond motifs is 2. The number of carbonyl (C=O) groups excluding carboxylic acids is 2. The molecule has 2 bridgehead atoms. The lowest BCUT2D eigenvalue weighted by Gasteiger charge is -2.26. The number of rotatable bonds is 4. The molecule has 0 unspecified atom stereocenters. The third-order valence-electron chi connectivity index (χ3n) is 4.81. The average Bonchev–Trinajstić information content (AvgIpc) is 3.20. The standard InChI is InChI=1S/C15H17NO5S/c1-21-15(20)9-4-5-22-13(9)16-12(17)10-7-2-3-8(6-7)11(10)14(18)19/h4-5,7-8,10-11H,2-3,6H2,1H3,(H,16,17)(H,18,19)/t7-,8+,10-,11+/m1/s1. The molecule has 4 atom stereocenters. The van der Waals surface area contributed by atoms with Crippen LogP contribution in [0, 0.1) is 23.7 Å². The zero-order valence-corrected chi connectivity index (χ0v) is 12.9. The van der Waals surface area contributed by atoms with Crippen molar-refractivity contribution in [2.45, 2.75) is 19.3 Å². The van der Waals surface area contributed by atoms with Gasteiger partial charge >= 0.3 is 11.9 Å². The fourth-order valence-electron chi connectivity index (χ4n) is 3.90. The summed E-state index contributed by atoms with van der Waals surface area (Å²) >= 11 is 1.23. The van der Waals surface area contributed by atoms with E-state index in [1.54, 1.807) is 11.4 Å². The lowest BCUT2D eigenvalue weighted by atomic mass is 9.79. The van der Waals surface area contributed by atoms with Gasteiger partial charge in [0.05, 0.1) is 24.5 Å². The highest BCUT2D eigenvalue weighted by Crippen LogP contribution is 2.52. The van der Waals surface area contributed by atoms with E-state index in [1.807, 2.05) is 0 Å². The molecule has 6 nitrogen and oxygen atoms in total. The van der Waals surface area contributed by atoms with Crippen LogP contribution >= 0.6 is 11.3 Å². The molecule has 2 fully saturated rings. The summed E-state index contributed by atoms with van der Waals surface area (Å²) in [6.45, 7) is 0. The summed E-state index contributed by atoms with van der Waals surface area (Å²) in [5.74, 6) is -2.60. The van der Waals surface area contributed by atoms with Gasteiger partial charge in [0.25, 0.3) is 0 Å². The number of methoxy groups -OCH3 is 1. The van der Waals surface area contributed by atoms with Gasteiger partial charge in [-0.1, -0.05) is 0 Å². The number of thiophene rings is 1. The SMILES string of the molecule is COC(=O)c1ccsc1NC(=O)[C@@H]1[C@@H]2CC[C@@H](C2)[C@@H]1C(=O)O. The maximum Gasteiger partial charge on any atom is 0.340 e. The van der Waals surface area contributed by atoms with Gasteiger partial charge in [-0.3, -0.25) is 9.59 Å². The van der Waals surface area contributed by atoms with Crippen molar-refractivity contribution >= 4 is 34.2 Å². The molecule has 0 saturated heterocycles. The van der Waals surface area contributed by atoms with Gasteiger partial charge in [-0.05, 0) is 42.5 Å². The minimum atomic E-state index is -0.897. The van der Waals surface area contributed by atoms with Crippen LogP contribution in [-0.2, 0) is 14.3 Å². The van der Waals surface area contributed by atoms with Gasteiger partial charge in [-0.2, -0.15) is 0 Å². The predicted molar refractivity (Wildman–Crippen MR) is 79.7 cm³/mol. The number of anilines is 1. The molecule has 3 rings (SSSR count). The monoisotopic (exact) mass is 323 g/mol. The van der Waals surface area contributed by atoms with Crippen LogP contribution in [0.4, 0.5) is 5.00 Å². The Kier molecular flexibility index (Phi) is 3.90. The van der Waals surface area contributed by atoms with Crippen LogP contribution in [0.1, 0.15) is 29.6 Å². The number of hydrogen-bond acceptors (Lipinski definition) is 5. The van der Waals surface area contributed by atoms with Gasteiger partial charge in [0.1, 0.15) is 5.00 Å². The van der Waals surface area contributed by atoms with Crippen LogP contribution in [0.25, 0.3) is 0 Å². The van der Waals surface area contributed by atoms with E-state index in [0.29, 0.717) is 10.6 Å². The Labute approximate surface area is 131 Å². The van der Waals surface area contributed by atoms with E-state index in [-0.39, 0.29) is 17.7 Å². The lowest BCUT2D eigenvalue weighted by molar-refractivity contribution is -0.148. The summed E-state index contributed by atoms with van der Waals surface area (Å²) in [7, 11) is 1.28. The molecular formula is C15H17NO5S. The number of aliphatic carboxylic acids is 1. The van der Waals surface area contributed by atoms with Crippen LogP contribution < -0.4 is 5.32 Å². The molecular weight excluding hydrogens is 306 g/mol. The summed E-state index contributed by atoms with van der Waals surface area (Å²) in [5.41, 5.74) is 0.302. The third kappa shape index (κ3) is 2.39. The quantitative estimate of drug-likeness (QED) is 0.829. The number of hydrogen-bond donors (Lipinski definition) is 2. The van der Waals surface area contributed by atoms with Gasteiger partial charge in [0, 0.05) is 0 Å². The van der Waals surface area contributed by atoms with E-state index < -0.39 is 23.8 Å². The number of carboxylic acids is 1. The molecule has 1 heterocycles. The summed E-state index contributed by atoms with van der Waals surface area (Å²) in [6.07, 6.45) is 2.60. The number of carboxylic acid groups (broad SMARTS) is 1. The summed E-state index contributed by atoms with van der Waals surface area (Å²) in [6, 6.07) is 1.58. The van der Waals surface area contributed by atoms with Crippen molar-refractivity contribution < 1.29 is 24.2 Å². The molecule has 7 heteroatoms. The van der Waals surface area contributed by atoms with Crippen LogP contribution in [0.2, 0.25) is 0 Å². The van der Waals surface area contributed by atoms with Gasteiger partial charge in [0.15, 0.2) is 0 Å². The Morgan fingerprint density at radius 3 is 2.59 bits per heavy atom. The van der Waals surface area contributed by atoms with Crippen LogP contribution in [0.3, 0.4) is 0 Å². The molecule has 1 aromatic rings. The third-order valence-corrected chi connectivity index (χ3v) is 5.64. The second-order valence-electron chi connectivity index (χ2n) is 5.87. The molecule has 1 aromatic heterocycles. The van der Waals surface area contributed by atoms with E-state index in [2.05, 4.69) is 10.1 Å². The van der Waals surface area contributed by atoms with Crippen LogP contribution in [0.15, 0.2) is 11.4 Å². The summed E-state index contributed by atoms with van der Waals surface area (Å²) in [4.78, 5) is 35.7. The molecule has 0 spiro atoms. The van der Waals surface area contributed by atoms with Crippen molar-refractivity contribution in [3.05, 3.63) is 17.0 Å². The zero-order valence-electron chi connectivity index (χ0n) is 12.1. The Balaban J connectivity index is 1.79. The highest BCUT2D eigenvalue weighted by atomic mass is 32.1. The second kappa shape index (κ2) is 5.72. The lowest BCUT2D eigenvalue weighted by Crippen LogP contribution is -2.37. The van der Waals surface area contributed by atoms with Crippen LogP contribution in [0.5, 0.6) is 0 Å². The van der Waals surface area contributed by atoms with Crippen molar-refractivity contribution in [3.63, 3.8) is 0 Å². The molecule has 22 heavy (non-hydrogen) atoms.